The molecule has 1 heterocycles. The lowest BCUT2D eigenvalue weighted by molar-refractivity contribution is 0.431. The SMILES string of the molecule is C=CCN(Cc1ccc(Cl)s1)S(=O)(=O)c1cc(F)c(F)cc1F. The first kappa shape index (κ1) is 18.0. The first-order valence-corrected chi connectivity index (χ1v) is 8.89. The van der Waals surface area contributed by atoms with Crippen LogP contribution in [0.3, 0.4) is 0 Å². The predicted molar refractivity (Wildman–Crippen MR) is 83.4 cm³/mol. The van der Waals surface area contributed by atoms with Crippen LogP contribution in [0.25, 0.3) is 0 Å². The Bertz CT molecular complexity index is 837. The summed E-state index contributed by atoms with van der Waals surface area (Å²) in [6.07, 6.45) is 1.31. The van der Waals surface area contributed by atoms with E-state index in [9.17, 15) is 21.6 Å². The van der Waals surface area contributed by atoms with Gasteiger partial charge in [0.25, 0.3) is 0 Å². The lowest BCUT2D eigenvalue weighted by atomic mass is 10.3. The highest BCUT2D eigenvalue weighted by Gasteiger charge is 2.29. The third-order valence-electron chi connectivity index (χ3n) is 2.89. The van der Waals surface area contributed by atoms with Crippen LogP contribution in [0, 0.1) is 17.5 Å². The van der Waals surface area contributed by atoms with Crippen molar-refractivity contribution >= 4 is 33.0 Å². The van der Waals surface area contributed by atoms with E-state index in [1.54, 1.807) is 12.1 Å². The number of hydrogen-bond acceptors (Lipinski definition) is 3. The molecule has 0 radical (unpaired) electrons. The third-order valence-corrected chi connectivity index (χ3v) is 5.93. The Hall–Kier alpha value is -1.35. The second-order valence-corrected chi connectivity index (χ2v) is 8.19. The van der Waals surface area contributed by atoms with Gasteiger partial charge in [-0.05, 0) is 18.2 Å². The van der Waals surface area contributed by atoms with E-state index in [2.05, 4.69) is 6.58 Å². The van der Waals surface area contributed by atoms with Crippen LogP contribution in [0.15, 0.2) is 41.8 Å². The standard InChI is InChI=1S/C14H11ClF3NO2S2/c1-2-5-19(8-9-3-4-14(15)22-9)23(20,21)13-7-11(17)10(16)6-12(13)18/h2-4,6-7H,1,5,8H2. The Kier molecular flexibility index (Phi) is 5.51. The third kappa shape index (κ3) is 3.95. The average Bonchev–Trinajstić information content (AvgIpc) is 2.87. The molecule has 0 aliphatic carbocycles. The monoisotopic (exact) mass is 381 g/mol. The minimum Gasteiger partial charge on any atom is -0.207 e. The van der Waals surface area contributed by atoms with E-state index in [0.29, 0.717) is 15.3 Å². The number of sulfonamides is 1. The van der Waals surface area contributed by atoms with Crippen LogP contribution >= 0.6 is 22.9 Å². The van der Waals surface area contributed by atoms with Crippen molar-refractivity contribution in [3.8, 4) is 0 Å². The number of rotatable bonds is 6. The zero-order valence-electron chi connectivity index (χ0n) is 11.6. The smallest absolute Gasteiger partial charge is 0.207 e. The molecule has 0 atom stereocenters. The minimum absolute atomic E-state index is 0.0931. The molecule has 0 saturated heterocycles. The molecule has 23 heavy (non-hydrogen) atoms. The number of hydrogen-bond donors (Lipinski definition) is 0. The van der Waals surface area contributed by atoms with E-state index < -0.39 is 32.4 Å². The number of thiophene rings is 1. The van der Waals surface area contributed by atoms with E-state index in [0.717, 1.165) is 15.6 Å². The molecular weight excluding hydrogens is 371 g/mol. The highest BCUT2D eigenvalue weighted by atomic mass is 35.5. The van der Waals surface area contributed by atoms with Gasteiger partial charge in [0, 0.05) is 24.0 Å². The van der Waals surface area contributed by atoms with E-state index in [-0.39, 0.29) is 19.2 Å². The van der Waals surface area contributed by atoms with Gasteiger partial charge in [-0.2, -0.15) is 4.31 Å². The van der Waals surface area contributed by atoms with Crippen molar-refractivity contribution in [1.82, 2.24) is 4.31 Å². The molecule has 0 fully saturated rings. The van der Waals surface area contributed by atoms with Crippen molar-refractivity contribution < 1.29 is 21.6 Å². The molecule has 0 aliphatic heterocycles. The first-order valence-electron chi connectivity index (χ1n) is 6.25. The maximum absolute atomic E-state index is 13.8. The zero-order valence-corrected chi connectivity index (χ0v) is 14.0. The Morgan fingerprint density at radius 1 is 1.17 bits per heavy atom. The Labute approximate surface area is 140 Å². The fourth-order valence-corrected chi connectivity index (χ4v) is 4.47. The molecule has 2 aromatic rings. The van der Waals surface area contributed by atoms with Crippen molar-refractivity contribution in [3.05, 3.63) is 63.6 Å². The number of benzene rings is 1. The normalized spacial score (nSPS) is 11.9. The first-order chi connectivity index (χ1) is 10.8. The van der Waals surface area contributed by atoms with Gasteiger partial charge in [-0.15, -0.1) is 17.9 Å². The van der Waals surface area contributed by atoms with Crippen molar-refractivity contribution in [3.63, 3.8) is 0 Å². The quantitative estimate of drug-likeness (QED) is 0.555. The van der Waals surface area contributed by atoms with Gasteiger partial charge in [0.1, 0.15) is 10.7 Å². The molecule has 0 spiro atoms. The summed E-state index contributed by atoms with van der Waals surface area (Å²) in [5.74, 6) is -4.26. The van der Waals surface area contributed by atoms with Gasteiger partial charge in [-0.25, -0.2) is 21.6 Å². The number of nitrogens with zero attached hydrogens (tertiary/aromatic N) is 1. The number of halogens is 4. The predicted octanol–water partition coefficient (Wildman–Crippen LogP) is 4.20. The van der Waals surface area contributed by atoms with Crippen LogP contribution in [0.5, 0.6) is 0 Å². The van der Waals surface area contributed by atoms with Gasteiger partial charge in [0.15, 0.2) is 11.6 Å². The van der Waals surface area contributed by atoms with Crippen LogP contribution in [0.2, 0.25) is 4.34 Å². The van der Waals surface area contributed by atoms with Crippen molar-refractivity contribution in [1.29, 1.82) is 0 Å². The molecule has 2 rings (SSSR count). The minimum atomic E-state index is -4.38. The molecular formula is C14H11ClF3NO2S2. The fourth-order valence-electron chi connectivity index (χ4n) is 1.84. The Morgan fingerprint density at radius 2 is 1.83 bits per heavy atom. The molecule has 0 aliphatic rings. The van der Waals surface area contributed by atoms with Gasteiger partial charge < -0.3 is 0 Å². The average molecular weight is 382 g/mol. The van der Waals surface area contributed by atoms with Crippen molar-refractivity contribution in [2.75, 3.05) is 6.54 Å². The van der Waals surface area contributed by atoms with Crippen LogP contribution < -0.4 is 0 Å². The molecule has 124 valence electrons. The van der Waals surface area contributed by atoms with E-state index in [1.165, 1.54) is 6.08 Å². The Balaban J connectivity index is 2.44. The molecule has 1 aromatic carbocycles. The lowest BCUT2D eigenvalue weighted by Gasteiger charge is -2.20. The second kappa shape index (κ2) is 7.04. The van der Waals surface area contributed by atoms with Crippen LogP contribution in [-0.4, -0.2) is 19.3 Å². The molecule has 9 heteroatoms. The van der Waals surface area contributed by atoms with Gasteiger partial charge >= 0.3 is 0 Å². The summed E-state index contributed by atoms with van der Waals surface area (Å²) < 4.78 is 66.6. The molecule has 0 unspecified atom stereocenters. The summed E-state index contributed by atoms with van der Waals surface area (Å²) >= 11 is 6.95. The van der Waals surface area contributed by atoms with E-state index in [4.69, 9.17) is 11.6 Å². The zero-order chi connectivity index (χ0) is 17.2. The van der Waals surface area contributed by atoms with Gasteiger partial charge in [0.2, 0.25) is 10.0 Å². The largest absolute Gasteiger partial charge is 0.246 e. The highest BCUT2D eigenvalue weighted by molar-refractivity contribution is 7.89. The fraction of sp³-hybridized carbons (Fsp3) is 0.143. The molecule has 3 nitrogen and oxygen atoms in total. The topological polar surface area (TPSA) is 37.4 Å². The van der Waals surface area contributed by atoms with Crippen LogP contribution in [0.1, 0.15) is 4.88 Å². The second-order valence-electron chi connectivity index (χ2n) is 4.49. The van der Waals surface area contributed by atoms with E-state index >= 15 is 0 Å². The summed E-state index contributed by atoms with van der Waals surface area (Å²) in [6, 6.07) is 3.76. The summed E-state index contributed by atoms with van der Waals surface area (Å²) in [5, 5.41) is 0. The molecule has 0 N–H and O–H groups in total. The summed E-state index contributed by atoms with van der Waals surface area (Å²) in [6.45, 7) is 3.23. The van der Waals surface area contributed by atoms with E-state index in [1.807, 2.05) is 0 Å². The highest BCUT2D eigenvalue weighted by Crippen LogP contribution is 2.27. The van der Waals surface area contributed by atoms with Crippen LogP contribution in [0.4, 0.5) is 13.2 Å². The maximum Gasteiger partial charge on any atom is 0.246 e. The lowest BCUT2D eigenvalue weighted by Crippen LogP contribution is -2.31. The van der Waals surface area contributed by atoms with Gasteiger partial charge in [-0.3, -0.25) is 0 Å². The van der Waals surface area contributed by atoms with Gasteiger partial charge in [0.05, 0.1) is 4.34 Å². The van der Waals surface area contributed by atoms with Crippen molar-refractivity contribution in [2.45, 2.75) is 11.4 Å². The molecule has 0 bridgehead atoms. The molecule has 1 aromatic heterocycles. The maximum atomic E-state index is 13.8. The van der Waals surface area contributed by atoms with Crippen molar-refractivity contribution in [2.24, 2.45) is 0 Å². The molecule has 0 saturated carbocycles. The molecule has 0 amide bonds. The van der Waals surface area contributed by atoms with Gasteiger partial charge in [-0.1, -0.05) is 17.7 Å². The Morgan fingerprint density at radius 3 is 2.39 bits per heavy atom. The summed E-state index contributed by atoms with van der Waals surface area (Å²) in [7, 11) is -4.38. The van der Waals surface area contributed by atoms with Crippen LogP contribution in [-0.2, 0) is 16.6 Å². The summed E-state index contributed by atoms with van der Waals surface area (Å²) in [4.78, 5) is -0.315. The summed E-state index contributed by atoms with van der Waals surface area (Å²) in [5.41, 5.74) is 0.